The predicted molar refractivity (Wildman–Crippen MR) is 75.0 cm³/mol. The van der Waals surface area contributed by atoms with Crippen LogP contribution < -0.4 is 11.1 Å². The minimum atomic E-state index is -0.150. The summed E-state index contributed by atoms with van der Waals surface area (Å²) in [5.41, 5.74) is 7.78. The van der Waals surface area contributed by atoms with Gasteiger partial charge in [0.25, 0.3) is 0 Å². The maximum atomic E-state index is 11.6. The molecule has 0 fully saturated rings. The van der Waals surface area contributed by atoms with E-state index in [1.54, 1.807) is 13.0 Å². The van der Waals surface area contributed by atoms with Crippen molar-refractivity contribution in [3.8, 4) is 0 Å². The van der Waals surface area contributed by atoms with Crippen LogP contribution in [0.5, 0.6) is 0 Å². The fourth-order valence-electron chi connectivity index (χ4n) is 1.77. The smallest absolute Gasteiger partial charge is 0.225 e. The second-order valence-electron chi connectivity index (χ2n) is 5.12. The third-order valence-electron chi connectivity index (χ3n) is 2.69. The highest BCUT2D eigenvalue weighted by Gasteiger charge is 2.11. The van der Waals surface area contributed by atoms with Gasteiger partial charge in [-0.25, -0.2) is 4.98 Å². The summed E-state index contributed by atoms with van der Waals surface area (Å²) < 4.78 is 5.61. The number of rotatable bonds is 4. The van der Waals surface area contributed by atoms with E-state index in [9.17, 15) is 4.79 Å². The van der Waals surface area contributed by atoms with Crippen molar-refractivity contribution < 1.29 is 9.21 Å². The van der Waals surface area contributed by atoms with Crippen LogP contribution in [-0.4, -0.2) is 16.9 Å². The zero-order valence-corrected chi connectivity index (χ0v) is 11.4. The molecule has 0 aliphatic carbocycles. The van der Waals surface area contributed by atoms with Crippen molar-refractivity contribution in [2.75, 3.05) is 5.32 Å². The molecule has 0 aliphatic heterocycles. The van der Waals surface area contributed by atoms with Gasteiger partial charge in [-0.05, 0) is 25.1 Å². The van der Waals surface area contributed by atoms with Crippen LogP contribution in [0.2, 0.25) is 0 Å². The molecule has 0 spiro atoms. The number of oxazole rings is 1. The van der Waals surface area contributed by atoms with Crippen molar-refractivity contribution >= 4 is 22.7 Å². The summed E-state index contributed by atoms with van der Waals surface area (Å²) in [5.74, 6) is 0.847. The van der Waals surface area contributed by atoms with Crippen LogP contribution in [0.25, 0.3) is 11.1 Å². The molecule has 1 atom stereocenters. The zero-order valence-electron chi connectivity index (χ0n) is 11.4. The second-order valence-corrected chi connectivity index (χ2v) is 5.12. The van der Waals surface area contributed by atoms with E-state index in [1.807, 2.05) is 26.0 Å². The van der Waals surface area contributed by atoms with Gasteiger partial charge in [-0.1, -0.05) is 13.8 Å². The van der Waals surface area contributed by atoms with Crippen LogP contribution in [0.3, 0.4) is 0 Å². The van der Waals surface area contributed by atoms with Crippen molar-refractivity contribution in [2.24, 2.45) is 5.73 Å². The number of nitrogens with two attached hydrogens (primary N) is 1. The Kier molecular flexibility index (Phi) is 3.85. The number of fused-ring (bicyclic) bond motifs is 1. The number of carbonyl (C=O) groups excluding carboxylic acids is 1. The molecule has 2 rings (SSSR count). The van der Waals surface area contributed by atoms with Gasteiger partial charge in [-0.15, -0.1) is 0 Å². The standard InChI is InChI=1S/C14H19N3O2/c1-8(2)14-17-11-7-10(4-5-12(11)19-14)16-13(18)6-9(3)15/h4-5,7-9H,6,15H2,1-3H3,(H,16,18). The molecule has 1 aromatic carbocycles. The van der Waals surface area contributed by atoms with Gasteiger partial charge in [0.15, 0.2) is 11.5 Å². The molecule has 0 saturated carbocycles. The lowest BCUT2D eigenvalue weighted by Crippen LogP contribution is -2.23. The monoisotopic (exact) mass is 261 g/mol. The van der Waals surface area contributed by atoms with Gasteiger partial charge in [-0.2, -0.15) is 0 Å². The highest BCUT2D eigenvalue weighted by molar-refractivity contribution is 5.93. The predicted octanol–water partition coefficient (Wildman–Crippen LogP) is 2.63. The van der Waals surface area contributed by atoms with Gasteiger partial charge in [0.1, 0.15) is 5.52 Å². The molecule has 1 unspecified atom stereocenters. The number of benzene rings is 1. The first-order valence-electron chi connectivity index (χ1n) is 6.41. The summed E-state index contributed by atoms with van der Waals surface area (Å²) in [7, 11) is 0. The van der Waals surface area contributed by atoms with Gasteiger partial charge >= 0.3 is 0 Å². The van der Waals surface area contributed by atoms with Crippen LogP contribution in [-0.2, 0) is 4.79 Å². The summed E-state index contributed by atoms with van der Waals surface area (Å²) in [6, 6.07) is 5.28. The Balaban J connectivity index is 2.19. The molecule has 0 radical (unpaired) electrons. The largest absolute Gasteiger partial charge is 0.440 e. The van der Waals surface area contributed by atoms with E-state index in [0.29, 0.717) is 18.0 Å². The third kappa shape index (κ3) is 3.32. The molecule has 0 aliphatic rings. The lowest BCUT2D eigenvalue weighted by atomic mass is 10.2. The van der Waals surface area contributed by atoms with Gasteiger partial charge in [-0.3, -0.25) is 4.79 Å². The molecule has 5 heteroatoms. The quantitative estimate of drug-likeness (QED) is 0.886. The first-order valence-corrected chi connectivity index (χ1v) is 6.41. The molecular formula is C14H19N3O2. The van der Waals surface area contributed by atoms with Crippen LogP contribution in [0, 0.1) is 0 Å². The summed E-state index contributed by atoms with van der Waals surface area (Å²) >= 11 is 0. The Morgan fingerprint density at radius 2 is 2.16 bits per heavy atom. The number of aromatic nitrogens is 1. The Labute approximate surface area is 112 Å². The van der Waals surface area contributed by atoms with Crippen LogP contribution in [0.1, 0.15) is 39.0 Å². The van der Waals surface area contributed by atoms with E-state index >= 15 is 0 Å². The molecule has 2 aromatic rings. The first-order chi connectivity index (χ1) is 8.95. The lowest BCUT2D eigenvalue weighted by molar-refractivity contribution is -0.116. The Morgan fingerprint density at radius 1 is 1.42 bits per heavy atom. The molecule has 0 saturated heterocycles. The molecule has 1 heterocycles. The fraction of sp³-hybridized carbons (Fsp3) is 0.429. The van der Waals surface area contributed by atoms with Crippen molar-refractivity contribution in [2.45, 2.75) is 39.2 Å². The highest BCUT2D eigenvalue weighted by atomic mass is 16.3. The van der Waals surface area contributed by atoms with Gasteiger partial charge in [0.05, 0.1) is 0 Å². The van der Waals surface area contributed by atoms with Crippen molar-refractivity contribution in [1.82, 2.24) is 4.98 Å². The fourth-order valence-corrected chi connectivity index (χ4v) is 1.77. The molecule has 0 bridgehead atoms. The number of amides is 1. The molecule has 102 valence electrons. The summed E-state index contributed by atoms with van der Waals surface area (Å²) in [6.07, 6.45) is 0.300. The highest BCUT2D eigenvalue weighted by Crippen LogP contribution is 2.23. The first kappa shape index (κ1) is 13.5. The normalized spacial score (nSPS) is 12.9. The lowest BCUT2D eigenvalue weighted by Gasteiger charge is -2.06. The van der Waals surface area contributed by atoms with E-state index in [1.165, 1.54) is 0 Å². The van der Waals surface area contributed by atoms with Gasteiger partial charge in [0, 0.05) is 24.1 Å². The Bertz CT molecular complexity index is 587. The minimum Gasteiger partial charge on any atom is -0.440 e. The molecular weight excluding hydrogens is 242 g/mol. The van der Waals surface area contributed by atoms with Gasteiger partial charge < -0.3 is 15.5 Å². The third-order valence-corrected chi connectivity index (χ3v) is 2.69. The van der Waals surface area contributed by atoms with E-state index < -0.39 is 0 Å². The SMILES string of the molecule is CC(N)CC(=O)Nc1ccc2oc(C(C)C)nc2c1. The maximum absolute atomic E-state index is 11.6. The van der Waals surface area contributed by atoms with Crippen LogP contribution in [0.15, 0.2) is 22.6 Å². The van der Waals surface area contributed by atoms with Crippen molar-refractivity contribution in [3.63, 3.8) is 0 Å². The number of nitrogens with one attached hydrogen (secondary N) is 1. The Morgan fingerprint density at radius 3 is 2.79 bits per heavy atom. The average molecular weight is 261 g/mol. The number of anilines is 1. The average Bonchev–Trinajstić information content (AvgIpc) is 2.70. The molecule has 19 heavy (non-hydrogen) atoms. The van der Waals surface area contributed by atoms with Crippen LogP contribution in [0.4, 0.5) is 5.69 Å². The molecule has 1 aromatic heterocycles. The van der Waals surface area contributed by atoms with Gasteiger partial charge in [0.2, 0.25) is 5.91 Å². The summed E-state index contributed by atoms with van der Waals surface area (Å²) in [6.45, 7) is 5.85. The Hall–Kier alpha value is -1.88. The molecule has 5 nitrogen and oxygen atoms in total. The number of hydrogen-bond donors (Lipinski definition) is 2. The number of nitrogens with zero attached hydrogens (tertiary/aromatic N) is 1. The van der Waals surface area contributed by atoms with Crippen molar-refractivity contribution in [1.29, 1.82) is 0 Å². The van der Waals surface area contributed by atoms with E-state index in [0.717, 1.165) is 11.1 Å². The number of hydrogen-bond acceptors (Lipinski definition) is 4. The van der Waals surface area contributed by atoms with E-state index in [4.69, 9.17) is 10.2 Å². The topological polar surface area (TPSA) is 81.2 Å². The molecule has 3 N–H and O–H groups in total. The van der Waals surface area contributed by atoms with E-state index in [2.05, 4.69) is 10.3 Å². The second kappa shape index (κ2) is 5.40. The number of carbonyl (C=O) groups is 1. The zero-order chi connectivity index (χ0) is 14.0. The van der Waals surface area contributed by atoms with Crippen LogP contribution >= 0.6 is 0 Å². The minimum absolute atomic E-state index is 0.0954. The maximum Gasteiger partial charge on any atom is 0.225 e. The summed E-state index contributed by atoms with van der Waals surface area (Å²) in [4.78, 5) is 16.0. The summed E-state index contributed by atoms with van der Waals surface area (Å²) in [5, 5.41) is 2.80. The van der Waals surface area contributed by atoms with Crippen molar-refractivity contribution in [3.05, 3.63) is 24.1 Å². The van der Waals surface area contributed by atoms with E-state index in [-0.39, 0.29) is 17.9 Å². The molecule has 1 amide bonds.